The number of hydrogen-bond donors (Lipinski definition) is 0. The average molecular weight is 302 g/mol. The molecule has 0 nitrogen and oxygen atoms in total. The number of rotatable bonds is 3. The molecule has 2 aromatic carbocycles. The number of unbranched alkanes of at least 4 members (excludes halogenated alkanes) is 1. The number of halogens is 1. The lowest BCUT2D eigenvalue weighted by molar-refractivity contribution is 0.750. The summed E-state index contributed by atoms with van der Waals surface area (Å²) in [6.45, 7) is 3.85. The van der Waals surface area contributed by atoms with Gasteiger partial charge in [-0.25, -0.2) is 4.39 Å². The maximum absolute atomic E-state index is 13.8. The summed E-state index contributed by atoms with van der Waals surface area (Å²) in [5, 5.41) is 0. The van der Waals surface area contributed by atoms with E-state index in [9.17, 15) is 4.39 Å². The number of hydrogen-bond acceptors (Lipinski definition) is 0. The highest BCUT2D eigenvalue weighted by atomic mass is 19.1. The van der Waals surface area contributed by atoms with E-state index in [1.807, 2.05) is 50.2 Å². The molecule has 0 aliphatic rings. The lowest BCUT2D eigenvalue weighted by Gasteiger charge is -1.98. The van der Waals surface area contributed by atoms with Gasteiger partial charge in [0.25, 0.3) is 0 Å². The SMILES string of the molecule is CC#Cc1ccc(C#Cc2ccc(C(F)=CCCC)cc2)cc1. The van der Waals surface area contributed by atoms with E-state index in [0.29, 0.717) is 5.56 Å². The van der Waals surface area contributed by atoms with Crippen molar-refractivity contribution in [3.8, 4) is 23.7 Å². The topological polar surface area (TPSA) is 0 Å². The van der Waals surface area contributed by atoms with Crippen LogP contribution in [0.1, 0.15) is 48.9 Å². The lowest BCUT2D eigenvalue weighted by atomic mass is 10.1. The van der Waals surface area contributed by atoms with Crippen LogP contribution in [0.25, 0.3) is 5.83 Å². The quantitative estimate of drug-likeness (QED) is 0.650. The Morgan fingerprint density at radius 2 is 1.35 bits per heavy atom. The van der Waals surface area contributed by atoms with Gasteiger partial charge in [0.05, 0.1) is 0 Å². The molecule has 0 atom stereocenters. The van der Waals surface area contributed by atoms with Gasteiger partial charge >= 0.3 is 0 Å². The van der Waals surface area contributed by atoms with E-state index < -0.39 is 0 Å². The molecule has 0 fully saturated rings. The molecular weight excluding hydrogens is 283 g/mol. The molecule has 0 amide bonds. The predicted molar refractivity (Wildman–Crippen MR) is 95.4 cm³/mol. The molecule has 0 aliphatic heterocycles. The molecule has 0 radical (unpaired) electrons. The second kappa shape index (κ2) is 8.62. The standard InChI is InChI=1S/C22H19F/c1-3-5-7-22(23)21-16-14-20(15-17-21)13-12-19-10-8-18(6-4-2)9-11-19/h7-11,14-17H,3,5H2,1-2H3. The highest BCUT2D eigenvalue weighted by Crippen LogP contribution is 2.17. The van der Waals surface area contributed by atoms with Crippen LogP contribution < -0.4 is 0 Å². The first-order valence-corrected chi connectivity index (χ1v) is 7.74. The van der Waals surface area contributed by atoms with Crippen molar-refractivity contribution in [1.29, 1.82) is 0 Å². The highest BCUT2D eigenvalue weighted by Gasteiger charge is 1.98. The highest BCUT2D eigenvalue weighted by molar-refractivity contribution is 5.60. The third kappa shape index (κ3) is 5.17. The molecule has 23 heavy (non-hydrogen) atoms. The van der Waals surface area contributed by atoms with Crippen molar-refractivity contribution in [2.45, 2.75) is 26.7 Å². The first-order chi connectivity index (χ1) is 11.2. The molecule has 0 aliphatic carbocycles. The summed E-state index contributed by atoms with van der Waals surface area (Å²) in [5.41, 5.74) is 3.39. The molecule has 0 aromatic heterocycles. The molecule has 0 heterocycles. The van der Waals surface area contributed by atoms with Crippen LogP contribution in [-0.4, -0.2) is 0 Å². The predicted octanol–water partition coefficient (Wildman–Crippen LogP) is 5.57. The fourth-order valence-electron chi connectivity index (χ4n) is 2.03. The van der Waals surface area contributed by atoms with E-state index in [0.717, 1.165) is 29.5 Å². The van der Waals surface area contributed by atoms with E-state index in [1.54, 1.807) is 18.2 Å². The molecule has 0 saturated heterocycles. The molecule has 0 unspecified atom stereocenters. The zero-order valence-electron chi connectivity index (χ0n) is 13.5. The Morgan fingerprint density at radius 3 is 1.83 bits per heavy atom. The van der Waals surface area contributed by atoms with Gasteiger partial charge in [0.15, 0.2) is 0 Å². The van der Waals surface area contributed by atoms with Crippen molar-refractivity contribution >= 4 is 5.83 Å². The van der Waals surface area contributed by atoms with Gasteiger partial charge in [0.1, 0.15) is 5.83 Å². The molecule has 114 valence electrons. The van der Waals surface area contributed by atoms with E-state index in [2.05, 4.69) is 23.7 Å². The van der Waals surface area contributed by atoms with Crippen molar-refractivity contribution < 1.29 is 4.39 Å². The summed E-state index contributed by atoms with van der Waals surface area (Å²) in [6.07, 6.45) is 3.33. The van der Waals surface area contributed by atoms with E-state index in [-0.39, 0.29) is 5.83 Å². The summed E-state index contributed by atoms with van der Waals surface area (Å²) in [4.78, 5) is 0. The minimum atomic E-state index is -0.168. The molecule has 1 heteroatoms. The van der Waals surface area contributed by atoms with Crippen molar-refractivity contribution in [2.75, 3.05) is 0 Å². The second-order valence-electron chi connectivity index (χ2n) is 5.12. The summed E-state index contributed by atoms with van der Waals surface area (Å²) >= 11 is 0. The Kier molecular flexibility index (Phi) is 6.22. The van der Waals surface area contributed by atoms with Crippen LogP contribution in [0.15, 0.2) is 54.6 Å². The van der Waals surface area contributed by atoms with Crippen molar-refractivity contribution in [1.82, 2.24) is 0 Å². The van der Waals surface area contributed by atoms with Gasteiger partial charge in [0, 0.05) is 22.3 Å². The molecule has 0 saturated carbocycles. The van der Waals surface area contributed by atoms with E-state index >= 15 is 0 Å². The monoisotopic (exact) mass is 302 g/mol. The first-order valence-electron chi connectivity index (χ1n) is 7.74. The molecule has 0 spiro atoms. The molecule has 2 aromatic rings. The van der Waals surface area contributed by atoms with Crippen LogP contribution in [-0.2, 0) is 0 Å². The van der Waals surface area contributed by atoms with Crippen LogP contribution in [0.5, 0.6) is 0 Å². The van der Waals surface area contributed by atoms with E-state index in [4.69, 9.17) is 0 Å². The third-order valence-electron chi connectivity index (χ3n) is 3.28. The van der Waals surface area contributed by atoms with Gasteiger partial charge < -0.3 is 0 Å². The number of benzene rings is 2. The Hall–Kier alpha value is -2.77. The smallest absolute Gasteiger partial charge is 0.126 e. The van der Waals surface area contributed by atoms with Gasteiger partial charge in [-0.3, -0.25) is 0 Å². The van der Waals surface area contributed by atoms with Crippen molar-refractivity contribution in [2.24, 2.45) is 0 Å². The maximum atomic E-state index is 13.8. The Balaban J connectivity index is 2.10. The summed E-state index contributed by atoms with van der Waals surface area (Å²) in [5.74, 6) is 11.9. The summed E-state index contributed by atoms with van der Waals surface area (Å²) < 4.78 is 13.8. The first kappa shape index (κ1) is 16.6. The summed E-state index contributed by atoms with van der Waals surface area (Å²) in [6, 6.07) is 15.0. The van der Waals surface area contributed by atoms with Crippen LogP contribution in [0, 0.1) is 23.7 Å². The largest absolute Gasteiger partial charge is 0.207 e. The molecule has 2 rings (SSSR count). The lowest BCUT2D eigenvalue weighted by Crippen LogP contribution is -1.81. The minimum Gasteiger partial charge on any atom is -0.207 e. The number of allylic oxidation sites excluding steroid dienone is 1. The Morgan fingerprint density at radius 1 is 0.870 bits per heavy atom. The maximum Gasteiger partial charge on any atom is 0.126 e. The fourth-order valence-corrected chi connectivity index (χ4v) is 2.03. The van der Waals surface area contributed by atoms with Crippen LogP contribution in [0.2, 0.25) is 0 Å². The van der Waals surface area contributed by atoms with Gasteiger partial charge in [-0.1, -0.05) is 43.2 Å². The van der Waals surface area contributed by atoms with Crippen LogP contribution in [0.3, 0.4) is 0 Å². The van der Waals surface area contributed by atoms with Crippen molar-refractivity contribution in [3.63, 3.8) is 0 Å². The Labute approximate surface area is 138 Å². The minimum absolute atomic E-state index is 0.168. The van der Waals surface area contributed by atoms with Gasteiger partial charge in [-0.05, 0) is 55.8 Å². The van der Waals surface area contributed by atoms with Crippen LogP contribution in [0.4, 0.5) is 4.39 Å². The van der Waals surface area contributed by atoms with E-state index in [1.165, 1.54) is 0 Å². The summed E-state index contributed by atoms with van der Waals surface area (Å²) in [7, 11) is 0. The average Bonchev–Trinajstić information content (AvgIpc) is 2.60. The van der Waals surface area contributed by atoms with Gasteiger partial charge in [0.2, 0.25) is 0 Å². The molecule has 0 N–H and O–H groups in total. The second-order valence-corrected chi connectivity index (χ2v) is 5.12. The fraction of sp³-hybridized carbons (Fsp3) is 0.182. The normalized spacial score (nSPS) is 10.3. The third-order valence-corrected chi connectivity index (χ3v) is 3.28. The van der Waals surface area contributed by atoms with Crippen molar-refractivity contribution in [3.05, 3.63) is 76.9 Å². The van der Waals surface area contributed by atoms with Gasteiger partial charge in [-0.15, -0.1) is 5.92 Å². The Bertz CT molecular complexity index is 786. The molecular formula is C22H19F. The van der Waals surface area contributed by atoms with Gasteiger partial charge in [-0.2, -0.15) is 0 Å². The zero-order chi connectivity index (χ0) is 16.5. The zero-order valence-corrected chi connectivity index (χ0v) is 13.5. The van der Waals surface area contributed by atoms with Crippen LogP contribution >= 0.6 is 0 Å². The molecule has 0 bridgehead atoms.